The number of hydrogen-bond acceptors (Lipinski definition) is 5. The first-order chi connectivity index (χ1) is 8.16. The summed E-state index contributed by atoms with van der Waals surface area (Å²) < 4.78 is 18.0. The van der Waals surface area contributed by atoms with E-state index in [-0.39, 0.29) is 17.8 Å². The molecular weight excluding hydrogens is 229 g/mol. The highest BCUT2D eigenvalue weighted by Gasteiger charge is 2.08. The molecule has 0 spiro atoms. The molecule has 0 aliphatic heterocycles. The number of carbonyl (C=O) groups is 1. The second-order valence-corrected chi connectivity index (χ2v) is 3.20. The van der Waals surface area contributed by atoms with Crippen LogP contribution < -0.4 is 5.32 Å². The molecule has 0 aliphatic rings. The van der Waals surface area contributed by atoms with Crippen molar-refractivity contribution in [3.05, 3.63) is 41.8 Å². The van der Waals surface area contributed by atoms with Gasteiger partial charge in [-0.25, -0.2) is 9.18 Å². The van der Waals surface area contributed by atoms with Crippen LogP contribution in [0.25, 0.3) is 0 Å². The van der Waals surface area contributed by atoms with Gasteiger partial charge in [0.2, 0.25) is 6.39 Å². The topological polar surface area (TPSA) is 88.2 Å². The lowest BCUT2D eigenvalue weighted by Gasteiger charge is -2.05. The first-order valence-electron chi connectivity index (χ1n) is 4.69. The lowest BCUT2D eigenvalue weighted by molar-refractivity contribution is 0.0696. The first-order valence-corrected chi connectivity index (χ1v) is 4.69. The van der Waals surface area contributed by atoms with E-state index >= 15 is 0 Å². The molecule has 0 bridgehead atoms. The summed E-state index contributed by atoms with van der Waals surface area (Å²) in [5.74, 6) is -1.44. The molecule has 0 fully saturated rings. The number of aromatic carboxylic acids is 1. The Bertz CT molecular complexity index is 528. The van der Waals surface area contributed by atoms with Gasteiger partial charge in [-0.2, -0.15) is 4.98 Å². The van der Waals surface area contributed by atoms with E-state index in [1.165, 1.54) is 18.5 Å². The van der Waals surface area contributed by atoms with E-state index in [2.05, 4.69) is 20.0 Å². The number of nitrogens with one attached hydrogen (secondary N) is 1. The van der Waals surface area contributed by atoms with Gasteiger partial charge >= 0.3 is 5.97 Å². The molecule has 6 nitrogen and oxygen atoms in total. The maximum Gasteiger partial charge on any atom is 0.335 e. The molecule has 0 aliphatic carbocycles. The number of halogens is 1. The Hall–Kier alpha value is -2.44. The van der Waals surface area contributed by atoms with Crippen molar-refractivity contribution in [3.63, 3.8) is 0 Å². The summed E-state index contributed by atoms with van der Waals surface area (Å²) >= 11 is 0. The van der Waals surface area contributed by atoms with Gasteiger partial charge in [-0.3, -0.25) is 0 Å². The van der Waals surface area contributed by atoms with Gasteiger partial charge in [0.15, 0.2) is 5.82 Å². The largest absolute Gasteiger partial charge is 0.478 e. The lowest BCUT2D eigenvalue weighted by Crippen LogP contribution is -2.04. The van der Waals surface area contributed by atoms with E-state index in [1.54, 1.807) is 0 Å². The zero-order chi connectivity index (χ0) is 12.3. The highest BCUT2D eigenvalue weighted by Crippen LogP contribution is 2.16. The SMILES string of the molecule is O=C(O)c1ccc(NCc2ncon2)c(F)c1. The zero-order valence-corrected chi connectivity index (χ0v) is 8.55. The number of benzene rings is 1. The smallest absolute Gasteiger partial charge is 0.335 e. The van der Waals surface area contributed by atoms with E-state index < -0.39 is 11.8 Å². The zero-order valence-electron chi connectivity index (χ0n) is 8.55. The van der Waals surface area contributed by atoms with Crippen molar-refractivity contribution in [1.82, 2.24) is 10.1 Å². The Kier molecular flexibility index (Phi) is 2.99. The molecule has 0 radical (unpaired) electrons. The molecule has 2 aromatic rings. The number of anilines is 1. The molecular formula is C10H8FN3O3. The summed E-state index contributed by atoms with van der Waals surface area (Å²) in [6.07, 6.45) is 1.17. The van der Waals surface area contributed by atoms with Crippen molar-refractivity contribution in [2.45, 2.75) is 6.54 Å². The third kappa shape index (κ3) is 2.57. The minimum absolute atomic E-state index is 0.104. The van der Waals surface area contributed by atoms with Gasteiger partial charge < -0.3 is 14.9 Å². The molecule has 2 N–H and O–H groups in total. The van der Waals surface area contributed by atoms with Gasteiger partial charge in [0, 0.05) is 0 Å². The van der Waals surface area contributed by atoms with Gasteiger partial charge in [-0.05, 0) is 18.2 Å². The summed E-state index contributed by atoms with van der Waals surface area (Å²) in [6, 6.07) is 3.60. The van der Waals surface area contributed by atoms with Crippen molar-refractivity contribution in [1.29, 1.82) is 0 Å². The van der Waals surface area contributed by atoms with Crippen LogP contribution in [-0.4, -0.2) is 21.2 Å². The van der Waals surface area contributed by atoms with E-state index in [0.29, 0.717) is 5.82 Å². The van der Waals surface area contributed by atoms with Crippen molar-refractivity contribution < 1.29 is 18.8 Å². The maximum atomic E-state index is 13.4. The second kappa shape index (κ2) is 4.60. The lowest BCUT2D eigenvalue weighted by atomic mass is 10.2. The molecule has 2 rings (SSSR count). The normalized spacial score (nSPS) is 10.2. The second-order valence-electron chi connectivity index (χ2n) is 3.20. The Labute approximate surface area is 95.1 Å². The Morgan fingerprint density at radius 3 is 2.94 bits per heavy atom. The van der Waals surface area contributed by atoms with Crippen LogP contribution in [0.4, 0.5) is 10.1 Å². The van der Waals surface area contributed by atoms with Crippen LogP contribution in [0.1, 0.15) is 16.2 Å². The minimum atomic E-state index is -1.17. The van der Waals surface area contributed by atoms with Crippen LogP contribution in [0.2, 0.25) is 0 Å². The van der Waals surface area contributed by atoms with E-state index in [0.717, 1.165) is 6.07 Å². The monoisotopic (exact) mass is 237 g/mol. The fourth-order valence-electron chi connectivity index (χ4n) is 1.24. The van der Waals surface area contributed by atoms with Gasteiger partial charge in [0.05, 0.1) is 17.8 Å². The molecule has 0 saturated heterocycles. The van der Waals surface area contributed by atoms with Gasteiger partial charge in [0.1, 0.15) is 5.82 Å². The quantitative estimate of drug-likeness (QED) is 0.838. The molecule has 1 heterocycles. The van der Waals surface area contributed by atoms with Crippen molar-refractivity contribution >= 4 is 11.7 Å². The minimum Gasteiger partial charge on any atom is -0.478 e. The number of carboxylic acid groups (broad SMARTS) is 1. The highest BCUT2D eigenvalue weighted by atomic mass is 19.1. The van der Waals surface area contributed by atoms with Crippen LogP contribution in [0.15, 0.2) is 29.1 Å². The summed E-state index contributed by atoms with van der Waals surface area (Å²) in [4.78, 5) is 14.3. The molecule has 0 unspecified atom stereocenters. The van der Waals surface area contributed by atoms with E-state index in [1.807, 2.05) is 0 Å². The summed E-state index contributed by atoms with van der Waals surface area (Å²) in [5, 5.41) is 14.9. The standard InChI is InChI=1S/C10H8FN3O3/c11-7-3-6(10(15)16)1-2-8(7)12-4-9-13-5-17-14-9/h1-3,5,12H,4H2,(H,15,16). The fraction of sp³-hybridized carbons (Fsp3) is 0.100. The molecule has 0 atom stereocenters. The van der Waals surface area contributed by atoms with Crippen molar-refractivity contribution in [3.8, 4) is 0 Å². The van der Waals surface area contributed by atoms with Crippen LogP contribution >= 0.6 is 0 Å². The first kappa shape index (κ1) is 11.1. The van der Waals surface area contributed by atoms with Gasteiger partial charge in [-0.15, -0.1) is 0 Å². The predicted octanol–water partition coefficient (Wildman–Crippen LogP) is 1.52. The number of aromatic nitrogens is 2. The molecule has 1 aromatic heterocycles. The number of hydrogen-bond donors (Lipinski definition) is 2. The fourth-order valence-corrected chi connectivity index (χ4v) is 1.24. The van der Waals surface area contributed by atoms with E-state index in [4.69, 9.17) is 5.11 Å². The maximum absolute atomic E-state index is 13.4. The van der Waals surface area contributed by atoms with Crippen molar-refractivity contribution in [2.24, 2.45) is 0 Å². The summed E-state index contributed by atoms with van der Waals surface area (Å²) in [5.41, 5.74) is 0.0763. The van der Waals surface area contributed by atoms with Crippen LogP contribution in [-0.2, 0) is 6.54 Å². The van der Waals surface area contributed by atoms with Crippen LogP contribution in [0.5, 0.6) is 0 Å². The molecule has 1 aromatic carbocycles. The Morgan fingerprint density at radius 2 is 2.35 bits per heavy atom. The third-order valence-corrected chi connectivity index (χ3v) is 2.06. The van der Waals surface area contributed by atoms with Crippen LogP contribution in [0.3, 0.4) is 0 Å². The molecule has 88 valence electrons. The predicted molar refractivity (Wildman–Crippen MR) is 55.0 cm³/mol. The summed E-state index contributed by atoms with van der Waals surface area (Å²) in [7, 11) is 0. The Balaban J connectivity index is 2.09. The third-order valence-electron chi connectivity index (χ3n) is 2.06. The highest BCUT2D eigenvalue weighted by molar-refractivity contribution is 5.88. The number of rotatable bonds is 4. The molecule has 0 amide bonds. The van der Waals surface area contributed by atoms with Crippen molar-refractivity contribution in [2.75, 3.05) is 5.32 Å². The number of nitrogens with zero attached hydrogens (tertiary/aromatic N) is 2. The average Bonchev–Trinajstić information content (AvgIpc) is 2.80. The molecule has 0 saturated carbocycles. The Morgan fingerprint density at radius 1 is 1.53 bits per heavy atom. The van der Waals surface area contributed by atoms with Crippen LogP contribution in [0, 0.1) is 5.82 Å². The van der Waals surface area contributed by atoms with Gasteiger partial charge in [0.25, 0.3) is 0 Å². The number of carboxylic acids is 1. The van der Waals surface area contributed by atoms with Gasteiger partial charge in [-0.1, -0.05) is 5.16 Å². The van der Waals surface area contributed by atoms with E-state index in [9.17, 15) is 9.18 Å². The average molecular weight is 237 g/mol. The summed E-state index contributed by atoms with van der Waals surface area (Å²) in [6.45, 7) is 0.194. The molecule has 7 heteroatoms. The molecule has 17 heavy (non-hydrogen) atoms.